The molecular formula is C28H32N5O+. The highest BCUT2D eigenvalue weighted by molar-refractivity contribution is 5.79. The molecule has 0 bridgehead atoms. The second-order valence-corrected chi connectivity index (χ2v) is 9.70. The third-order valence-electron chi connectivity index (χ3n) is 7.02. The first-order chi connectivity index (χ1) is 16.5. The lowest BCUT2D eigenvalue weighted by atomic mass is 9.79. The Morgan fingerprint density at radius 2 is 1.74 bits per heavy atom. The average Bonchev–Trinajstić information content (AvgIpc) is 3.27. The molecule has 4 rings (SSSR count). The monoisotopic (exact) mass is 454 g/mol. The van der Waals surface area contributed by atoms with Crippen molar-refractivity contribution in [2.75, 3.05) is 13.1 Å². The van der Waals surface area contributed by atoms with Crippen LogP contribution in [0.15, 0.2) is 73.3 Å². The van der Waals surface area contributed by atoms with E-state index in [9.17, 15) is 10.1 Å². The van der Waals surface area contributed by atoms with Gasteiger partial charge in [0.1, 0.15) is 6.04 Å². The van der Waals surface area contributed by atoms with Gasteiger partial charge in [-0.15, -0.1) is 0 Å². The molecule has 174 valence electrons. The van der Waals surface area contributed by atoms with E-state index in [1.807, 2.05) is 42.7 Å². The zero-order valence-corrected chi connectivity index (χ0v) is 19.8. The van der Waals surface area contributed by atoms with Crippen LogP contribution in [0.5, 0.6) is 0 Å². The fourth-order valence-corrected chi connectivity index (χ4v) is 5.99. The van der Waals surface area contributed by atoms with E-state index in [4.69, 9.17) is 5.73 Å². The number of nitrogens with two attached hydrogens (primary N) is 1. The summed E-state index contributed by atoms with van der Waals surface area (Å²) in [5.41, 5.74) is 9.82. The van der Waals surface area contributed by atoms with E-state index in [1.54, 1.807) is 12.4 Å². The van der Waals surface area contributed by atoms with Gasteiger partial charge in [0.25, 0.3) is 5.91 Å². The van der Waals surface area contributed by atoms with Crippen molar-refractivity contribution in [3.05, 3.63) is 95.6 Å². The molecule has 0 saturated carbocycles. The third kappa shape index (κ3) is 4.57. The van der Waals surface area contributed by atoms with Gasteiger partial charge in [-0.05, 0) is 35.4 Å². The topological polar surface area (TPSA) is 92.7 Å². The number of pyridine rings is 2. The SMILES string of the molecule is CC(C)C[N+]1(C(c2cccc(C#N)c2)C(c2cccnc2)c2cccnc2)CCC[C@H]1C(N)=O. The van der Waals surface area contributed by atoms with E-state index in [1.165, 1.54) is 0 Å². The molecule has 0 radical (unpaired) electrons. The van der Waals surface area contributed by atoms with E-state index < -0.39 is 0 Å². The van der Waals surface area contributed by atoms with Gasteiger partial charge in [0.15, 0.2) is 6.04 Å². The van der Waals surface area contributed by atoms with Crippen LogP contribution in [-0.4, -0.2) is 39.5 Å². The number of rotatable bonds is 8. The number of hydrogen-bond donors (Lipinski definition) is 1. The number of nitriles is 1. The van der Waals surface area contributed by atoms with Crippen molar-refractivity contribution in [1.29, 1.82) is 5.26 Å². The van der Waals surface area contributed by atoms with Crippen LogP contribution in [-0.2, 0) is 4.79 Å². The lowest BCUT2D eigenvalue weighted by Gasteiger charge is -2.49. The molecule has 1 aliphatic heterocycles. The Kier molecular flexibility index (Phi) is 7.04. The number of carbonyl (C=O) groups is 1. The number of amides is 1. The van der Waals surface area contributed by atoms with Crippen molar-refractivity contribution in [2.45, 2.75) is 44.7 Å². The molecule has 0 spiro atoms. The van der Waals surface area contributed by atoms with E-state index in [0.29, 0.717) is 16.0 Å². The zero-order valence-electron chi connectivity index (χ0n) is 19.8. The number of nitrogens with zero attached hydrogens (tertiary/aromatic N) is 4. The summed E-state index contributed by atoms with van der Waals surface area (Å²) in [5.74, 6) is -0.0178. The first-order valence-electron chi connectivity index (χ1n) is 11.9. The summed E-state index contributed by atoms with van der Waals surface area (Å²) in [5, 5.41) is 9.68. The molecule has 1 saturated heterocycles. The molecule has 1 amide bonds. The van der Waals surface area contributed by atoms with Crippen LogP contribution in [0, 0.1) is 17.2 Å². The van der Waals surface area contributed by atoms with Crippen molar-refractivity contribution in [2.24, 2.45) is 11.7 Å². The number of carbonyl (C=O) groups excluding carboxylic acids is 1. The number of quaternary nitrogens is 1. The summed E-state index contributed by atoms with van der Waals surface area (Å²) < 4.78 is 0.566. The molecule has 34 heavy (non-hydrogen) atoms. The summed E-state index contributed by atoms with van der Waals surface area (Å²) in [6.07, 6.45) is 9.05. The van der Waals surface area contributed by atoms with Crippen molar-refractivity contribution in [1.82, 2.24) is 9.97 Å². The maximum absolute atomic E-state index is 12.9. The highest BCUT2D eigenvalue weighted by Crippen LogP contribution is 2.49. The normalized spacial score (nSPS) is 20.9. The molecule has 2 unspecified atom stereocenters. The Morgan fingerprint density at radius 1 is 1.09 bits per heavy atom. The van der Waals surface area contributed by atoms with Gasteiger partial charge in [-0.2, -0.15) is 5.26 Å². The summed E-state index contributed by atoms with van der Waals surface area (Å²) in [4.78, 5) is 21.8. The first-order valence-corrected chi connectivity index (χ1v) is 11.9. The largest absolute Gasteiger partial charge is 0.365 e. The molecule has 6 nitrogen and oxygen atoms in total. The molecule has 0 aliphatic carbocycles. The fraction of sp³-hybridized carbons (Fsp3) is 0.357. The van der Waals surface area contributed by atoms with Gasteiger partial charge >= 0.3 is 0 Å². The number of hydrogen-bond acceptors (Lipinski definition) is 4. The van der Waals surface area contributed by atoms with Crippen LogP contribution in [0.1, 0.15) is 60.9 Å². The Bertz CT molecular complexity index is 1120. The molecule has 2 aromatic heterocycles. The van der Waals surface area contributed by atoms with Crippen molar-refractivity contribution < 1.29 is 9.28 Å². The second-order valence-electron chi connectivity index (χ2n) is 9.70. The Hall–Kier alpha value is -3.56. The molecule has 3 heterocycles. The van der Waals surface area contributed by atoms with E-state index in [-0.39, 0.29) is 23.9 Å². The minimum Gasteiger partial charge on any atom is -0.365 e. The quantitative estimate of drug-likeness (QED) is 0.512. The van der Waals surface area contributed by atoms with Gasteiger partial charge in [0.2, 0.25) is 0 Å². The highest BCUT2D eigenvalue weighted by Gasteiger charge is 2.54. The maximum atomic E-state index is 12.9. The lowest BCUT2D eigenvalue weighted by molar-refractivity contribution is -0.963. The number of primary amides is 1. The Labute approximate surface area is 201 Å². The molecule has 6 heteroatoms. The standard InChI is InChI=1S/C28H31N5O/c1-20(2)19-33(14-6-11-25(33)28(30)34)27(22-8-3-7-21(15-22)16-29)26(23-9-4-12-31-17-23)24-10-5-13-32-18-24/h3-5,7-10,12-13,15,17-18,20,25-27H,6,11,14,19H2,1-2H3,(H-,30,34)/p+1/t25-,27?,33?/m0/s1. The first kappa shape index (κ1) is 23.6. The third-order valence-corrected chi connectivity index (χ3v) is 7.02. The molecule has 2 N–H and O–H groups in total. The lowest BCUT2D eigenvalue weighted by Crippen LogP contribution is -2.61. The Morgan fingerprint density at radius 3 is 2.26 bits per heavy atom. The molecule has 1 aliphatic rings. The van der Waals surface area contributed by atoms with Crippen molar-refractivity contribution in [3.63, 3.8) is 0 Å². The van der Waals surface area contributed by atoms with Gasteiger partial charge in [0.05, 0.1) is 30.6 Å². The number of aromatic nitrogens is 2. The highest BCUT2D eigenvalue weighted by atomic mass is 16.1. The maximum Gasteiger partial charge on any atom is 0.275 e. The van der Waals surface area contributed by atoms with Crippen LogP contribution in [0.4, 0.5) is 0 Å². The van der Waals surface area contributed by atoms with Gasteiger partial charge in [-0.25, -0.2) is 0 Å². The zero-order chi connectivity index (χ0) is 24.1. The second kappa shape index (κ2) is 10.1. The summed E-state index contributed by atoms with van der Waals surface area (Å²) in [6.45, 7) is 6.06. The smallest absolute Gasteiger partial charge is 0.275 e. The minimum atomic E-state index is -0.297. The van der Waals surface area contributed by atoms with Crippen molar-refractivity contribution >= 4 is 5.91 Å². The van der Waals surface area contributed by atoms with Gasteiger partial charge in [0, 0.05) is 49.1 Å². The van der Waals surface area contributed by atoms with Gasteiger partial charge < -0.3 is 10.2 Å². The van der Waals surface area contributed by atoms with Crippen molar-refractivity contribution in [3.8, 4) is 6.07 Å². The molecule has 3 aromatic rings. The van der Waals surface area contributed by atoms with Gasteiger partial charge in [-0.1, -0.05) is 38.1 Å². The van der Waals surface area contributed by atoms with E-state index in [2.05, 4.69) is 48.1 Å². The molecule has 1 aromatic carbocycles. The van der Waals surface area contributed by atoms with Crippen LogP contribution in [0.2, 0.25) is 0 Å². The summed E-state index contributed by atoms with van der Waals surface area (Å²) >= 11 is 0. The Balaban J connectivity index is 2.03. The summed E-state index contributed by atoms with van der Waals surface area (Å²) in [6, 6.07) is 17.8. The summed E-state index contributed by atoms with van der Waals surface area (Å²) in [7, 11) is 0. The molecule has 1 fully saturated rings. The number of likely N-dealkylation sites (tertiary alicyclic amines) is 1. The van der Waals surface area contributed by atoms with Crippen LogP contribution < -0.4 is 5.73 Å². The van der Waals surface area contributed by atoms with Crippen LogP contribution in [0.3, 0.4) is 0 Å². The minimum absolute atomic E-state index is 0.116. The van der Waals surface area contributed by atoms with E-state index in [0.717, 1.165) is 42.6 Å². The predicted octanol–water partition coefficient (Wildman–Crippen LogP) is 4.34. The predicted molar refractivity (Wildman–Crippen MR) is 131 cm³/mol. The fourth-order valence-electron chi connectivity index (χ4n) is 5.99. The van der Waals surface area contributed by atoms with Gasteiger partial charge in [-0.3, -0.25) is 14.8 Å². The van der Waals surface area contributed by atoms with Crippen LogP contribution in [0.25, 0.3) is 0 Å². The number of benzene rings is 1. The van der Waals surface area contributed by atoms with E-state index >= 15 is 0 Å². The van der Waals surface area contributed by atoms with Crippen LogP contribution >= 0.6 is 0 Å². The average molecular weight is 455 g/mol. The molecule has 3 atom stereocenters. The molecular weight excluding hydrogens is 422 g/mol.